The Balaban J connectivity index is 2.76. The van der Waals surface area contributed by atoms with Crippen LogP contribution in [0.3, 0.4) is 0 Å². The largest absolute Gasteiger partial charge is 0.264 e. The molecule has 0 saturated carbocycles. The summed E-state index contributed by atoms with van der Waals surface area (Å²) in [7, 11) is 0. The van der Waals surface area contributed by atoms with Gasteiger partial charge in [0, 0.05) is 18.8 Å². The van der Waals surface area contributed by atoms with Crippen LogP contribution in [0.4, 0.5) is 0 Å². The zero-order valence-electron chi connectivity index (χ0n) is 4.96. The fraction of sp³-hybridized carbons (Fsp3) is 0.125. The van der Waals surface area contributed by atoms with Crippen LogP contribution in [0.5, 0.6) is 0 Å². The number of pyridine rings is 1. The predicted octanol–water partition coefficient (Wildman–Crippen LogP) is 1.21. The summed E-state index contributed by atoms with van der Waals surface area (Å²) >= 11 is 0. The molecule has 0 spiro atoms. The van der Waals surface area contributed by atoms with E-state index < -0.39 is 0 Å². The molecule has 1 aromatic rings. The highest BCUT2D eigenvalue weighted by Gasteiger charge is 1.83. The summed E-state index contributed by atoms with van der Waals surface area (Å²) in [5, 5.41) is 0. The molecule has 1 heterocycles. The molecule has 1 heteroatoms. The van der Waals surface area contributed by atoms with E-state index in [1.807, 2.05) is 12.1 Å². The Hall–Kier alpha value is -1.29. The Morgan fingerprint density at radius 3 is 3.11 bits per heavy atom. The molecule has 1 nitrogen and oxygen atoms in total. The molecule has 43 valence electrons. The average molecular weight is 116 g/mol. The lowest BCUT2D eigenvalue weighted by Gasteiger charge is -1.88. The molecule has 9 heavy (non-hydrogen) atoms. The van der Waals surface area contributed by atoms with Crippen molar-refractivity contribution in [2.45, 2.75) is 6.42 Å². The number of hydrogen-bond donors (Lipinski definition) is 0. The van der Waals surface area contributed by atoms with Gasteiger partial charge in [-0.2, -0.15) is 0 Å². The maximum Gasteiger partial charge on any atom is 0.0365 e. The number of rotatable bonds is 1. The zero-order chi connectivity index (χ0) is 6.53. The molecule has 1 rings (SSSR count). The molecule has 0 atom stereocenters. The minimum atomic E-state index is 0.563. The lowest BCUT2D eigenvalue weighted by atomic mass is 10.2. The second-order valence-electron chi connectivity index (χ2n) is 1.71. The normalized spacial score (nSPS) is 8.33. The number of aromatic nitrogens is 1. The van der Waals surface area contributed by atoms with E-state index in [0.717, 1.165) is 5.56 Å². The molecule has 0 unspecified atom stereocenters. The van der Waals surface area contributed by atoms with Crippen molar-refractivity contribution in [3.63, 3.8) is 0 Å². The van der Waals surface area contributed by atoms with Gasteiger partial charge in [-0.05, 0) is 18.1 Å². The monoisotopic (exact) mass is 116 g/mol. The Kier molecular flexibility index (Phi) is 1.87. The van der Waals surface area contributed by atoms with Crippen LogP contribution in [0.1, 0.15) is 5.56 Å². The highest BCUT2D eigenvalue weighted by Crippen LogP contribution is 1.93. The van der Waals surface area contributed by atoms with Gasteiger partial charge in [0.05, 0.1) is 0 Å². The first-order valence-electron chi connectivity index (χ1n) is 2.72. The topological polar surface area (TPSA) is 12.9 Å². The van der Waals surface area contributed by atoms with E-state index in [-0.39, 0.29) is 0 Å². The third kappa shape index (κ3) is 1.58. The molecule has 0 amide bonds. The molecule has 0 N–H and O–H groups in total. The molecule has 0 aliphatic carbocycles. The molecule has 1 aromatic heterocycles. The van der Waals surface area contributed by atoms with Crippen LogP contribution in [0.2, 0.25) is 0 Å². The van der Waals surface area contributed by atoms with Gasteiger partial charge in [-0.15, -0.1) is 0 Å². The smallest absolute Gasteiger partial charge is 0.0365 e. The van der Waals surface area contributed by atoms with Crippen LogP contribution >= 0.6 is 0 Å². The fourth-order valence-corrected chi connectivity index (χ4v) is 0.605. The van der Waals surface area contributed by atoms with Gasteiger partial charge in [-0.25, -0.2) is 0 Å². The molecule has 0 fully saturated rings. The van der Waals surface area contributed by atoms with Crippen LogP contribution in [-0.2, 0) is 6.42 Å². The van der Waals surface area contributed by atoms with E-state index in [0.29, 0.717) is 6.42 Å². The van der Waals surface area contributed by atoms with Gasteiger partial charge in [0.1, 0.15) is 0 Å². The summed E-state index contributed by atoms with van der Waals surface area (Å²) < 4.78 is 0. The van der Waals surface area contributed by atoms with Crippen molar-refractivity contribution in [2.75, 3.05) is 0 Å². The summed E-state index contributed by atoms with van der Waals surface area (Å²) in [5.74, 6) is 2.29. The van der Waals surface area contributed by atoms with E-state index in [9.17, 15) is 0 Å². The fourth-order valence-electron chi connectivity index (χ4n) is 0.605. The standard InChI is InChI=1S/C8H6N/c1-2-4-8-5-3-6-9-7-8/h3,5-7H,4H2. The summed E-state index contributed by atoms with van der Waals surface area (Å²) in [6.45, 7) is 0. The predicted molar refractivity (Wildman–Crippen MR) is 35.1 cm³/mol. The summed E-state index contributed by atoms with van der Waals surface area (Å²) in [6.07, 6.45) is 10.7. The lowest BCUT2D eigenvalue weighted by molar-refractivity contribution is 1.21. The molecule has 0 bridgehead atoms. The van der Waals surface area contributed by atoms with Crippen molar-refractivity contribution in [1.29, 1.82) is 0 Å². The third-order valence-corrected chi connectivity index (χ3v) is 1.02. The van der Waals surface area contributed by atoms with E-state index in [1.54, 1.807) is 12.4 Å². The SMILES string of the molecule is [C]#CCc1cccnc1. The lowest BCUT2D eigenvalue weighted by Crippen LogP contribution is -1.79. The van der Waals surface area contributed by atoms with Crippen molar-refractivity contribution in [3.05, 3.63) is 36.5 Å². The maximum absolute atomic E-state index is 6.66. The van der Waals surface area contributed by atoms with Crippen molar-refractivity contribution in [1.82, 2.24) is 4.98 Å². The van der Waals surface area contributed by atoms with E-state index >= 15 is 0 Å². The summed E-state index contributed by atoms with van der Waals surface area (Å²) in [6, 6.07) is 3.78. The number of hydrogen-bond acceptors (Lipinski definition) is 1. The average Bonchev–Trinajstić information content (AvgIpc) is 1.91. The van der Waals surface area contributed by atoms with Crippen LogP contribution < -0.4 is 0 Å². The van der Waals surface area contributed by atoms with Crippen LogP contribution in [0.15, 0.2) is 24.5 Å². The first-order valence-corrected chi connectivity index (χ1v) is 2.72. The maximum atomic E-state index is 6.66. The van der Waals surface area contributed by atoms with Crippen LogP contribution in [0.25, 0.3) is 0 Å². The van der Waals surface area contributed by atoms with Gasteiger partial charge in [-0.3, -0.25) is 4.98 Å². The Labute approximate surface area is 54.7 Å². The first kappa shape index (κ1) is 5.84. The van der Waals surface area contributed by atoms with E-state index in [4.69, 9.17) is 6.42 Å². The molecular formula is C8H6N. The van der Waals surface area contributed by atoms with Crippen LogP contribution in [-0.4, -0.2) is 4.98 Å². The second-order valence-corrected chi connectivity index (χ2v) is 1.71. The van der Waals surface area contributed by atoms with Crippen LogP contribution in [0, 0.1) is 12.3 Å². The van der Waals surface area contributed by atoms with Crippen molar-refractivity contribution < 1.29 is 0 Å². The molecule has 1 radical (unpaired) electrons. The quantitative estimate of drug-likeness (QED) is 0.502. The van der Waals surface area contributed by atoms with E-state index in [1.165, 1.54) is 0 Å². The van der Waals surface area contributed by atoms with Gasteiger partial charge in [0.2, 0.25) is 0 Å². The third-order valence-electron chi connectivity index (χ3n) is 1.02. The van der Waals surface area contributed by atoms with Gasteiger partial charge >= 0.3 is 0 Å². The number of nitrogens with zero attached hydrogens (tertiary/aromatic N) is 1. The zero-order valence-corrected chi connectivity index (χ0v) is 4.96. The van der Waals surface area contributed by atoms with Gasteiger partial charge in [-0.1, -0.05) is 12.0 Å². The van der Waals surface area contributed by atoms with Crippen molar-refractivity contribution in [3.8, 4) is 5.92 Å². The molecule has 0 saturated heterocycles. The molecule has 0 aliphatic rings. The van der Waals surface area contributed by atoms with Gasteiger partial charge < -0.3 is 0 Å². The highest BCUT2D eigenvalue weighted by atomic mass is 14.6. The molecule has 0 aliphatic heterocycles. The molecular weight excluding hydrogens is 110 g/mol. The minimum absolute atomic E-state index is 0.563. The van der Waals surface area contributed by atoms with E-state index in [2.05, 4.69) is 10.9 Å². The first-order chi connectivity index (χ1) is 4.43. The second kappa shape index (κ2) is 2.88. The summed E-state index contributed by atoms with van der Waals surface area (Å²) in [4.78, 5) is 3.88. The Morgan fingerprint density at radius 1 is 1.67 bits per heavy atom. The van der Waals surface area contributed by atoms with Gasteiger partial charge in [0.15, 0.2) is 0 Å². The van der Waals surface area contributed by atoms with Gasteiger partial charge in [0.25, 0.3) is 0 Å². The van der Waals surface area contributed by atoms with Crippen molar-refractivity contribution in [2.24, 2.45) is 0 Å². The Bertz CT molecular complexity index is 208. The highest BCUT2D eigenvalue weighted by molar-refractivity contribution is 5.13. The van der Waals surface area contributed by atoms with Crippen molar-refractivity contribution >= 4 is 0 Å². The summed E-state index contributed by atoms with van der Waals surface area (Å²) in [5.41, 5.74) is 1.03. The Morgan fingerprint density at radius 2 is 2.56 bits per heavy atom. The minimum Gasteiger partial charge on any atom is -0.264 e. The molecule has 0 aromatic carbocycles.